The number of carbonyl (C=O) groups excluding carboxylic acids is 1. The lowest BCUT2D eigenvalue weighted by Gasteiger charge is -2.22. The highest BCUT2D eigenvalue weighted by molar-refractivity contribution is 5.88. The maximum atomic E-state index is 12.0. The molecule has 1 N–H and O–H groups in total. The summed E-state index contributed by atoms with van der Waals surface area (Å²) in [5.41, 5.74) is 0.950. The van der Waals surface area contributed by atoms with E-state index in [4.69, 9.17) is 9.84 Å². The highest BCUT2D eigenvalue weighted by Gasteiger charge is 2.19. The molecular weight excluding hydrogens is 258 g/mol. The Morgan fingerprint density at radius 1 is 1.35 bits per heavy atom. The molecule has 0 unspecified atom stereocenters. The van der Waals surface area contributed by atoms with Crippen molar-refractivity contribution in [2.45, 2.75) is 32.2 Å². The van der Waals surface area contributed by atoms with Gasteiger partial charge in [-0.25, -0.2) is 4.79 Å². The highest BCUT2D eigenvalue weighted by atomic mass is 16.5. The van der Waals surface area contributed by atoms with E-state index in [0.717, 1.165) is 31.4 Å². The third-order valence-corrected chi connectivity index (χ3v) is 3.56. The van der Waals surface area contributed by atoms with Gasteiger partial charge in [0.05, 0.1) is 12.7 Å². The van der Waals surface area contributed by atoms with Gasteiger partial charge >= 0.3 is 5.97 Å². The van der Waals surface area contributed by atoms with Crippen molar-refractivity contribution >= 4 is 11.9 Å². The molecule has 1 aliphatic heterocycles. The van der Waals surface area contributed by atoms with E-state index in [9.17, 15) is 9.59 Å². The summed E-state index contributed by atoms with van der Waals surface area (Å²) < 4.78 is 5.26. The molecule has 1 aromatic carbocycles. The number of carbonyl (C=O) groups is 2. The Kier molecular flexibility index (Phi) is 4.61. The maximum Gasteiger partial charge on any atom is 0.335 e. The third-order valence-electron chi connectivity index (χ3n) is 3.56. The number of hydrogen-bond donors (Lipinski definition) is 1. The number of hydrogen-bond acceptors (Lipinski definition) is 3. The summed E-state index contributed by atoms with van der Waals surface area (Å²) in [5.74, 6) is -0.228. The average Bonchev–Trinajstić information content (AvgIpc) is 2.64. The Bertz CT molecular complexity index is 513. The van der Waals surface area contributed by atoms with Crippen molar-refractivity contribution in [2.24, 2.45) is 0 Å². The molecule has 1 fully saturated rings. The minimum absolute atomic E-state index is 0.130. The summed E-state index contributed by atoms with van der Waals surface area (Å²) in [7, 11) is 1.55. The molecule has 0 bridgehead atoms. The van der Waals surface area contributed by atoms with E-state index in [0.29, 0.717) is 18.7 Å². The molecular formula is C15H19NO4. The number of ether oxygens (including phenoxy) is 1. The number of rotatable bonds is 4. The monoisotopic (exact) mass is 277 g/mol. The van der Waals surface area contributed by atoms with E-state index >= 15 is 0 Å². The first-order chi connectivity index (χ1) is 9.61. The summed E-state index contributed by atoms with van der Waals surface area (Å²) in [6.07, 6.45) is 3.56. The van der Waals surface area contributed by atoms with E-state index < -0.39 is 5.97 Å². The van der Waals surface area contributed by atoms with Crippen molar-refractivity contribution in [3.63, 3.8) is 0 Å². The van der Waals surface area contributed by atoms with Gasteiger partial charge in [-0.05, 0) is 31.0 Å². The van der Waals surface area contributed by atoms with Crippen LogP contribution in [0.2, 0.25) is 0 Å². The van der Waals surface area contributed by atoms with Gasteiger partial charge in [0.25, 0.3) is 0 Å². The molecule has 2 rings (SSSR count). The zero-order chi connectivity index (χ0) is 14.5. The second kappa shape index (κ2) is 6.41. The summed E-state index contributed by atoms with van der Waals surface area (Å²) in [6, 6.07) is 4.73. The molecule has 5 heteroatoms. The fourth-order valence-electron chi connectivity index (χ4n) is 2.45. The van der Waals surface area contributed by atoms with E-state index in [1.807, 2.05) is 0 Å². The molecule has 0 atom stereocenters. The summed E-state index contributed by atoms with van der Waals surface area (Å²) in [5, 5.41) is 9.05. The maximum absolute atomic E-state index is 12.0. The first-order valence-electron chi connectivity index (χ1n) is 6.80. The lowest BCUT2D eigenvalue weighted by molar-refractivity contribution is -0.131. The van der Waals surface area contributed by atoms with Gasteiger partial charge in [-0.2, -0.15) is 0 Å². The van der Waals surface area contributed by atoms with Crippen molar-refractivity contribution < 1.29 is 19.4 Å². The molecule has 0 aliphatic carbocycles. The van der Waals surface area contributed by atoms with Gasteiger partial charge in [0.15, 0.2) is 0 Å². The van der Waals surface area contributed by atoms with Gasteiger partial charge < -0.3 is 14.7 Å². The van der Waals surface area contributed by atoms with Crippen LogP contribution in [0.15, 0.2) is 18.2 Å². The minimum atomic E-state index is -0.976. The molecule has 0 spiro atoms. The number of carboxylic acid groups (broad SMARTS) is 1. The van der Waals surface area contributed by atoms with Crippen LogP contribution in [0.3, 0.4) is 0 Å². The van der Waals surface area contributed by atoms with Crippen LogP contribution in [0.5, 0.6) is 5.75 Å². The fourth-order valence-corrected chi connectivity index (χ4v) is 2.45. The van der Waals surface area contributed by atoms with Crippen LogP contribution in [0, 0.1) is 0 Å². The molecule has 108 valence electrons. The summed E-state index contributed by atoms with van der Waals surface area (Å²) in [4.78, 5) is 24.8. The molecule has 0 aromatic heterocycles. The molecule has 1 heterocycles. The van der Waals surface area contributed by atoms with Crippen LogP contribution in [0.4, 0.5) is 0 Å². The largest absolute Gasteiger partial charge is 0.496 e. The number of nitrogens with zero attached hydrogens (tertiary/aromatic N) is 1. The number of benzene rings is 1. The Morgan fingerprint density at radius 3 is 2.85 bits per heavy atom. The van der Waals surface area contributed by atoms with E-state index in [2.05, 4.69) is 0 Å². The second-order valence-corrected chi connectivity index (χ2v) is 4.96. The van der Waals surface area contributed by atoms with E-state index in [1.54, 1.807) is 24.1 Å². The predicted molar refractivity (Wildman–Crippen MR) is 73.8 cm³/mol. The van der Waals surface area contributed by atoms with Crippen LogP contribution in [-0.2, 0) is 11.3 Å². The Morgan fingerprint density at radius 2 is 2.15 bits per heavy atom. The molecule has 1 aliphatic rings. The number of aromatic carboxylic acids is 1. The molecule has 0 saturated carbocycles. The zero-order valence-corrected chi connectivity index (χ0v) is 11.6. The van der Waals surface area contributed by atoms with Crippen molar-refractivity contribution in [2.75, 3.05) is 13.7 Å². The van der Waals surface area contributed by atoms with Gasteiger partial charge in [0.2, 0.25) is 5.91 Å². The molecule has 20 heavy (non-hydrogen) atoms. The van der Waals surface area contributed by atoms with Crippen LogP contribution in [0.25, 0.3) is 0 Å². The lowest BCUT2D eigenvalue weighted by atomic mass is 10.1. The zero-order valence-electron chi connectivity index (χ0n) is 11.6. The molecule has 0 radical (unpaired) electrons. The first kappa shape index (κ1) is 14.4. The molecule has 1 amide bonds. The number of methoxy groups -OCH3 is 1. The second-order valence-electron chi connectivity index (χ2n) is 4.96. The Hall–Kier alpha value is -2.04. The van der Waals surface area contributed by atoms with E-state index in [-0.39, 0.29) is 11.5 Å². The summed E-state index contributed by atoms with van der Waals surface area (Å²) >= 11 is 0. The molecule has 1 saturated heterocycles. The minimum Gasteiger partial charge on any atom is -0.496 e. The number of amides is 1. The smallest absolute Gasteiger partial charge is 0.335 e. The highest BCUT2D eigenvalue weighted by Crippen LogP contribution is 2.23. The van der Waals surface area contributed by atoms with Gasteiger partial charge in [-0.1, -0.05) is 6.42 Å². The van der Waals surface area contributed by atoms with Gasteiger partial charge in [0.1, 0.15) is 5.75 Å². The number of carboxylic acids is 1. The van der Waals surface area contributed by atoms with Gasteiger partial charge in [-0.15, -0.1) is 0 Å². The Labute approximate surface area is 118 Å². The SMILES string of the molecule is COc1ccc(C(=O)O)cc1CN1CCCCCC1=O. The fraction of sp³-hybridized carbons (Fsp3) is 0.467. The van der Waals surface area contributed by atoms with Crippen molar-refractivity contribution in [3.8, 4) is 5.75 Å². The van der Waals surface area contributed by atoms with Crippen molar-refractivity contribution in [1.29, 1.82) is 0 Å². The average molecular weight is 277 g/mol. The predicted octanol–water partition coefficient (Wildman–Crippen LogP) is 2.30. The van der Waals surface area contributed by atoms with Gasteiger partial charge in [0, 0.05) is 25.1 Å². The molecule has 1 aromatic rings. The molecule has 5 nitrogen and oxygen atoms in total. The standard InChI is InChI=1S/C15H19NO4/c1-20-13-7-6-11(15(18)19)9-12(13)10-16-8-4-2-3-5-14(16)17/h6-7,9H,2-5,8,10H2,1H3,(H,18,19). The van der Waals surface area contributed by atoms with Crippen LogP contribution < -0.4 is 4.74 Å². The van der Waals surface area contributed by atoms with Crippen LogP contribution in [0.1, 0.15) is 41.6 Å². The van der Waals surface area contributed by atoms with E-state index in [1.165, 1.54) is 6.07 Å². The number of likely N-dealkylation sites (tertiary alicyclic amines) is 1. The topological polar surface area (TPSA) is 66.8 Å². The third kappa shape index (κ3) is 3.29. The Balaban J connectivity index is 2.23. The van der Waals surface area contributed by atoms with Crippen molar-refractivity contribution in [1.82, 2.24) is 4.90 Å². The van der Waals surface area contributed by atoms with Crippen molar-refractivity contribution in [3.05, 3.63) is 29.3 Å². The lowest BCUT2D eigenvalue weighted by Crippen LogP contribution is -2.29. The van der Waals surface area contributed by atoms with Crippen LogP contribution >= 0.6 is 0 Å². The quantitative estimate of drug-likeness (QED) is 0.917. The normalized spacial score (nSPS) is 15.8. The summed E-state index contributed by atoms with van der Waals surface area (Å²) in [6.45, 7) is 1.13. The van der Waals surface area contributed by atoms with Crippen LogP contribution in [-0.4, -0.2) is 35.5 Å². The van der Waals surface area contributed by atoms with Gasteiger partial charge in [-0.3, -0.25) is 4.79 Å². The first-order valence-corrected chi connectivity index (χ1v) is 6.80.